The molecule has 6 nitrogen and oxygen atoms in total. The van der Waals surface area contributed by atoms with Gasteiger partial charge in [0.1, 0.15) is 5.65 Å². The van der Waals surface area contributed by atoms with Crippen LogP contribution in [0.4, 0.5) is 0 Å². The highest BCUT2D eigenvalue weighted by Gasteiger charge is 2.17. The summed E-state index contributed by atoms with van der Waals surface area (Å²) in [4.78, 5) is 22.2. The van der Waals surface area contributed by atoms with Gasteiger partial charge in [-0.3, -0.25) is 9.89 Å². The van der Waals surface area contributed by atoms with Crippen LogP contribution in [0.3, 0.4) is 0 Å². The summed E-state index contributed by atoms with van der Waals surface area (Å²) in [5, 5.41) is 7.73. The molecule has 3 aromatic heterocycles. The molecule has 3 aromatic rings. The van der Waals surface area contributed by atoms with E-state index in [1.165, 1.54) is 0 Å². The van der Waals surface area contributed by atoms with Crippen LogP contribution in [0.25, 0.3) is 22.2 Å². The van der Waals surface area contributed by atoms with Crippen LogP contribution >= 0.6 is 0 Å². The minimum absolute atomic E-state index is 0.0439. The van der Waals surface area contributed by atoms with E-state index < -0.39 is 0 Å². The Hall–Kier alpha value is -2.63. The molecule has 3 heterocycles. The van der Waals surface area contributed by atoms with Gasteiger partial charge < -0.3 is 9.88 Å². The van der Waals surface area contributed by atoms with E-state index in [0.29, 0.717) is 5.56 Å². The fourth-order valence-electron chi connectivity index (χ4n) is 2.79. The van der Waals surface area contributed by atoms with Gasteiger partial charge in [-0.05, 0) is 18.9 Å². The zero-order valence-corrected chi connectivity index (χ0v) is 13.5. The van der Waals surface area contributed by atoms with Gasteiger partial charge in [0.2, 0.25) is 0 Å². The molecule has 0 aromatic carbocycles. The van der Waals surface area contributed by atoms with Crippen molar-refractivity contribution in [2.45, 2.75) is 26.7 Å². The Kier molecular flexibility index (Phi) is 4.41. The molecule has 0 fully saturated rings. The Morgan fingerprint density at radius 1 is 1.17 bits per heavy atom. The number of nitrogens with zero attached hydrogens (tertiary/aromatic N) is 3. The predicted octanol–water partition coefficient (Wildman–Crippen LogP) is 3.22. The lowest BCUT2D eigenvalue weighted by atomic mass is 10.1. The number of aromatic amines is 2. The van der Waals surface area contributed by atoms with Gasteiger partial charge in [-0.25, -0.2) is 4.98 Å². The molecule has 0 aliphatic carbocycles. The zero-order valence-electron chi connectivity index (χ0n) is 13.5. The van der Waals surface area contributed by atoms with Crippen LogP contribution in [0.2, 0.25) is 0 Å². The molecule has 2 N–H and O–H groups in total. The lowest BCUT2D eigenvalue weighted by Gasteiger charge is -2.21. The van der Waals surface area contributed by atoms with Gasteiger partial charge in [0, 0.05) is 48.2 Å². The molecule has 0 spiro atoms. The van der Waals surface area contributed by atoms with Crippen molar-refractivity contribution in [3.8, 4) is 11.1 Å². The van der Waals surface area contributed by atoms with E-state index in [1.807, 2.05) is 23.4 Å². The highest BCUT2D eigenvalue weighted by Crippen LogP contribution is 2.27. The van der Waals surface area contributed by atoms with Crippen molar-refractivity contribution in [3.05, 3.63) is 36.4 Å². The van der Waals surface area contributed by atoms with Gasteiger partial charge in [-0.1, -0.05) is 13.8 Å². The zero-order chi connectivity index (χ0) is 16.2. The van der Waals surface area contributed by atoms with Gasteiger partial charge >= 0.3 is 0 Å². The predicted molar refractivity (Wildman–Crippen MR) is 90.2 cm³/mol. The van der Waals surface area contributed by atoms with Crippen LogP contribution in [0.5, 0.6) is 0 Å². The fraction of sp³-hybridized carbons (Fsp3) is 0.353. The maximum Gasteiger partial charge on any atom is 0.255 e. The van der Waals surface area contributed by atoms with Crippen molar-refractivity contribution < 1.29 is 4.79 Å². The Morgan fingerprint density at radius 2 is 1.96 bits per heavy atom. The molecule has 0 saturated heterocycles. The molecule has 1 amide bonds. The van der Waals surface area contributed by atoms with E-state index in [9.17, 15) is 4.79 Å². The van der Waals surface area contributed by atoms with Crippen LogP contribution in [-0.4, -0.2) is 44.1 Å². The third-order valence-corrected chi connectivity index (χ3v) is 3.86. The molecule has 0 aliphatic heterocycles. The molecule has 23 heavy (non-hydrogen) atoms. The number of nitrogens with one attached hydrogen (secondary N) is 2. The number of carbonyl (C=O) groups is 1. The molecule has 0 aliphatic rings. The van der Waals surface area contributed by atoms with Crippen molar-refractivity contribution in [1.29, 1.82) is 0 Å². The number of hydrogen-bond acceptors (Lipinski definition) is 3. The fourth-order valence-corrected chi connectivity index (χ4v) is 2.79. The smallest absolute Gasteiger partial charge is 0.255 e. The molecule has 0 unspecified atom stereocenters. The standard InChI is InChI=1S/C17H21N5O/c1-3-5-22(6-4-2)17(23)12-7-14-15(13-9-20-21-10-13)11-19-16(14)18-8-12/h7-11H,3-6H2,1-2H3,(H,18,19)(H,20,21). The largest absolute Gasteiger partial charge is 0.346 e. The number of H-pyrrole nitrogens is 2. The third kappa shape index (κ3) is 2.97. The molecule has 6 heteroatoms. The summed E-state index contributed by atoms with van der Waals surface area (Å²) >= 11 is 0. The lowest BCUT2D eigenvalue weighted by Crippen LogP contribution is -2.32. The van der Waals surface area contributed by atoms with Crippen molar-refractivity contribution in [2.75, 3.05) is 13.1 Å². The number of amides is 1. The molecule has 0 saturated carbocycles. The first-order valence-corrected chi connectivity index (χ1v) is 8.00. The maximum atomic E-state index is 12.7. The van der Waals surface area contributed by atoms with E-state index in [0.717, 1.165) is 48.1 Å². The third-order valence-electron chi connectivity index (χ3n) is 3.86. The summed E-state index contributed by atoms with van der Waals surface area (Å²) in [5.74, 6) is 0.0439. The minimum atomic E-state index is 0.0439. The van der Waals surface area contributed by atoms with Gasteiger partial charge in [0.05, 0.1) is 11.8 Å². The topological polar surface area (TPSA) is 77.7 Å². The first-order chi connectivity index (χ1) is 11.2. The summed E-state index contributed by atoms with van der Waals surface area (Å²) in [6, 6.07) is 1.92. The molecule has 0 atom stereocenters. The van der Waals surface area contributed by atoms with E-state index in [4.69, 9.17) is 0 Å². The van der Waals surface area contributed by atoms with E-state index in [-0.39, 0.29) is 5.91 Å². The van der Waals surface area contributed by atoms with Gasteiger partial charge in [0.25, 0.3) is 5.91 Å². The van der Waals surface area contributed by atoms with Gasteiger partial charge in [0.15, 0.2) is 0 Å². The average Bonchev–Trinajstić information content (AvgIpc) is 3.22. The van der Waals surface area contributed by atoms with Crippen LogP contribution < -0.4 is 0 Å². The number of carbonyl (C=O) groups excluding carboxylic acids is 1. The highest BCUT2D eigenvalue weighted by molar-refractivity contribution is 6.00. The second-order valence-electron chi connectivity index (χ2n) is 5.60. The SMILES string of the molecule is CCCN(CCC)C(=O)c1cnc2[nH]cc(-c3cn[nH]c3)c2c1. The number of aromatic nitrogens is 4. The van der Waals surface area contributed by atoms with Crippen LogP contribution in [-0.2, 0) is 0 Å². The van der Waals surface area contributed by atoms with Gasteiger partial charge in [-0.15, -0.1) is 0 Å². The molecule has 0 bridgehead atoms. The summed E-state index contributed by atoms with van der Waals surface area (Å²) in [6.45, 7) is 5.71. The van der Waals surface area contributed by atoms with Crippen molar-refractivity contribution in [2.24, 2.45) is 0 Å². The van der Waals surface area contributed by atoms with E-state index in [1.54, 1.807) is 12.4 Å². The van der Waals surface area contributed by atoms with Crippen molar-refractivity contribution in [3.63, 3.8) is 0 Å². The second-order valence-corrected chi connectivity index (χ2v) is 5.60. The first kappa shape index (κ1) is 15.3. The van der Waals surface area contributed by atoms with Crippen molar-refractivity contribution >= 4 is 16.9 Å². The summed E-state index contributed by atoms with van der Waals surface area (Å²) in [7, 11) is 0. The molecular formula is C17H21N5O. The Morgan fingerprint density at radius 3 is 2.61 bits per heavy atom. The molecule has 3 rings (SSSR count). The monoisotopic (exact) mass is 311 g/mol. The lowest BCUT2D eigenvalue weighted by molar-refractivity contribution is 0.0755. The van der Waals surface area contributed by atoms with Crippen LogP contribution in [0.15, 0.2) is 30.9 Å². The van der Waals surface area contributed by atoms with E-state index in [2.05, 4.69) is 34.0 Å². The summed E-state index contributed by atoms with van der Waals surface area (Å²) in [6.07, 6.45) is 9.04. The maximum absolute atomic E-state index is 12.7. The summed E-state index contributed by atoms with van der Waals surface area (Å²) in [5.41, 5.74) is 3.37. The highest BCUT2D eigenvalue weighted by atomic mass is 16.2. The summed E-state index contributed by atoms with van der Waals surface area (Å²) < 4.78 is 0. The molecular weight excluding hydrogens is 290 g/mol. The Balaban J connectivity index is 1.98. The Bertz CT molecular complexity index is 785. The van der Waals surface area contributed by atoms with Crippen molar-refractivity contribution in [1.82, 2.24) is 25.1 Å². The number of pyridine rings is 1. The normalized spacial score (nSPS) is 11.0. The second kappa shape index (κ2) is 6.64. The average molecular weight is 311 g/mol. The first-order valence-electron chi connectivity index (χ1n) is 8.00. The Labute approximate surface area is 134 Å². The van der Waals surface area contributed by atoms with Crippen LogP contribution in [0, 0.1) is 0 Å². The molecule has 0 radical (unpaired) electrons. The molecule has 120 valence electrons. The number of rotatable bonds is 6. The number of fused-ring (bicyclic) bond motifs is 1. The van der Waals surface area contributed by atoms with Crippen LogP contribution in [0.1, 0.15) is 37.0 Å². The number of hydrogen-bond donors (Lipinski definition) is 2. The minimum Gasteiger partial charge on any atom is -0.346 e. The van der Waals surface area contributed by atoms with Gasteiger partial charge in [-0.2, -0.15) is 5.10 Å². The van der Waals surface area contributed by atoms with E-state index >= 15 is 0 Å². The quantitative estimate of drug-likeness (QED) is 0.733.